The lowest BCUT2D eigenvalue weighted by Crippen LogP contribution is -2.36. The fourth-order valence-corrected chi connectivity index (χ4v) is 2.79. The molecule has 1 aromatic heterocycles. The topological polar surface area (TPSA) is 54.2 Å². The Morgan fingerprint density at radius 2 is 2.21 bits per heavy atom. The van der Waals surface area contributed by atoms with Gasteiger partial charge in [0.15, 0.2) is 5.82 Å². The monoisotopic (exact) mass is 266 g/mol. The molecule has 2 rings (SSSR count). The van der Waals surface area contributed by atoms with E-state index in [9.17, 15) is 0 Å². The number of nitrogens with one attached hydrogen (secondary N) is 1. The van der Waals surface area contributed by atoms with E-state index in [-0.39, 0.29) is 0 Å². The molecule has 0 amide bonds. The fraction of sp³-hybridized carbons (Fsp3) is 0.857. The average molecular weight is 266 g/mol. The van der Waals surface area contributed by atoms with Crippen LogP contribution in [0.4, 0.5) is 0 Å². The molecule has 2 atom stereocenters. The molecule has 19 heavy (non-hydrogen) atoms. The van der Waals surface area contributed by atoms with Gasteiger partial charge >= 0.3 is 0 Å². The molecule has 0 aliphatic carbocycles. The van der Waals surface area contributed by atoms with E-state index in [1.807, 2.05) is 7.05 Å². The molecule has 0 spiro atoms. The highest BCUT2D eigenvalue weighted by Gasteiger charge is 2.28. The van der Waals surface area contributed by atoms with Gasteiger partial charge in [-0.3, -0.25) is 4.90 Å². The van der Waals surface area contributed by atoms with Crippen molar-refractivity contribution in [2.24, 2.45) is 0 Å². The maximum atomic E-state index is 5.32. The summed E-state index contributed by atoms with van der Waals surface area (Å²) in [4.78, 5) is 7.06. The second-order valence-electron chi connectivity index (χ2n) is 5.83. The molecule has 0 radical (unpaired) electrons. The van der Waals surface area contributed by atoms with Gasteiger partial charge < -0.3 is 9.84 Å². The van der Waals surface area contributed by atoms with E-state index in [2.05, 4.69) is 41.1 Å². The van der Waals surface area contributed by atoms with Crippen LogP contribution in [0.5, 0.6) is 0 Å². The van der Waals surface area contributed by atoms with Gasteiger partial charge in [-0.25, -0.2) is 0 Å². The van der Waals surface area contributed by atoms with Crippen LogP contribution in [0.1, 0.15) is 45.3 Å². The highest BCUT2D eigenvalue weighted by atomic mass is 16.5. The number of hydrogen-bond donors (Lipinski definition) is 1. The molecule has 1 saturated heterocycles. The van der Waals surface area contributed by atoms with E-state index in [1.165, 1.54) is 19.4 Å². The molecule has 108 valence electrons. The molecule has 1 fully saturated rings. The first-order valence-corrected chi connectivity index (χ1v) is 7.34. The van der Waals surface area contributed by atoms with Crippen molar-refractivity contribution >= 4 is 0 Å². The lowest BCUT2D eigenvalue weighted by atomic mass is 10.1. The first kappa shape index (κ1) is 14.5. The smallest absolute Gasteiger partial charge is 0.228 e. The largest absolute Gasteiger partial charge is 0.339 e. The Balaban J connectivity index is 1.92. The summed E-state index contributed by atoms with van der Waals surface area (Å²) in [5.41, 5.74) is 0. The summed E-state index contributed by atoms with van der Waals surface area (Å²) in [7, 11) is 1.95. The predicted octanol–water partition coefficient (Wildman–Crippen LogP) is 1.64. The maximum Gasteiger partial charge on any atom is 0.228 e. The molecular weight excluding hydrogens is 240 g/mol. The van der Waals surface area contributed by atoms with Crippen molar-refractivity contribution in [3.8, 4) is 0 Å². The summed E-state index contributed by atoms with van der Waals surface area (Å²) in [6.45, 7) is 7.83. The van der Waals surface area contributed by atoms with E-state index < -0.39 is 0 Å². The summed E-state index contributed by atoms with van der Waals surface area (Å²) < 4.78 is 5.32. The zero-order valence-electron chi connectivity index (χ0n) is 12.5. The van der Waals surface area contributed by atoms with Crippen molar-refractivity contribution in [2.45, 2.75) is 64.6 Å². The molecule has 2 heterocycles. The van der Waals surface area contributed by atoms with Gasteiger partial charge in [0.25, 0.3) is 0 Å². The summed E-state index contributed by atoms with van der Waals surface area (Å²) in [5.74, 6) is 1.60. The summed E-state index contributed by atoms with van der Waals surface area (Å²) >= 11 is 0. The quantitative estimate of drug-likeness (QED) is 0.848. The molecule has 0 bridgehead atoms. The number of likely N-dealkylation sites (N-methyl/N-ethyl adjacent to an activating group) is 1. The first-order valence-electron chi connectivity index (χ1n) is 7.34. The molecule has 5 nitrogen and oxygen atoms in total. The van der Waals surface area contributed by atoms with Crippen LogP contribution < -0.4 is 5.32 Å². The third-order valence-corrected chi connectivity index (χ3v) is 3.99. The summed E-state index contributed by atoms with van der Waals surface area (Å²) in [5, 5.41) is 7.30. The van der Waals surface area contributed by atoms with Crippen molar-refractivity contribution in [3.05, 3.63) is 11.7 Å². The molecule has 5 heteroatoms. The minimum absolute atomic E-state index is 0.368. The fourth-order valence-electron chi connectivity index (χ4n) is 2.79. The van der Waals surface area contributed by atoms with Gasteiger partial charge in [-0.2, -0.15) is 4.98 Å². The highest BCUT2D eigenvalue weighted by Crippen LogP contribution is 2.22. The van der Waals surface area contributed by atoms with Gasteiger partial charge in [0.2, 0.25) is 5.89 Å². The minimum Gasteiger partial charge on any atom is -0.339 e. The standard InChI is InChI=1S/C14H26N4O/c1-10(2)18-7-5-6-12(18)9-13-16-14(19-17-13)8-11(3)15-4/h10-12,15H,5-9H2,1-4H3. The van der Waals surface area contributed by atoms with Crippen LogP contribution in [0, 0.1) is 0 Å². The number of aromatic nitrogens is 2. The number of hydrogen-bond acceptors (Lipinski definition) is 5. The Morgan fingerprint density at radius 1 is 1.42 bits per heavy atom. The van der Waals surface area contributed by atoms with Crippen LogP contribution in [0.3, 0.4) is 0 Å². The van der Waals surface area contributed by atoms with Crippen LogP contribution in [0.25, 0.3) is 0 Å². The van der Waals surface area contributed by atoms with Gasteiger partial charge in [-0.05, 0) is 47.2 Å². The lowest BCUT2D eigenvalue weighted by molar-refractivity contribution is 0.200. The zero-order chi connectivity index (χ0) is 13.8. The Morgan fingerprint density at radius 3 is 2.89 bits per heavy atom. The van der Waals surface area contributed by atoms with Crippen LogP contribution >= 0.6 is 0 Å². The second kappa shape index (κ2) is 6.48. The Kier molecular flexibility index (Phi) is 4.93. The molecule has 1 aromatic rings. The van der Waals surface area contributed by atoms with E-state index in [1.54, 1.807) is 0 Å². The van der Waals surface area contributed by atoms with Gasteiger partial charge in [-0.1, -0.05) is 5.16 Å². The Hall–Kier alpha value is -0.940. The average Bonchev–Trinajstić information content (AvgIpc) is 2.99. The molecular formula is C14H26N4O. The van der Waals surface area contributed by atoms with Gasteiger partial charge in [0.1, 0.15) is 0 Å². The van der Waals surface area contributed by atoms with Crippen molar-refractivity contribution in [3.63, 3.8) is 0 Å². The normalized spacial score (nSPS) is 22.3. The molecule has 0 saturated carbocycles. The van der Waals surface area contributed by atoms with Crippen molar-refractivity contribution in [2.75, 3.05) is 13.6 Å². The van der Waals surface area contributed by atoms with Crippen molar-refractivity contribution in [1.29, 1.82) is 0 Å². The van der Waals surface area contributed by atoms with Gasteiger partial charge in [-0.15, -0.1) is 0 Å². The SMILES string of the molecule is CNC(C)Cc1nc(CC2CCCN2C(C)C)no1. The zero-order valence-corrected chi connectivity index (χ0v) is 12.5. The lowest BCUT2D eigenvalue weighted by Gasteiger charge is -2.27. The number of rotatable bonds is 6. The summed E-state index contributed by atoms with van der Waals surface area (Å²) in [6.07, 6.45) is 4.23. The molecule has 1 aliphatic rings. The second-order valence-corrected chi connectivity index (χ2v) is 5.83. The van der Waals surface area contributed by atoms with Crippen LogP contribution in [-0.4, -0.2) is 46.8 Å². The van der Waals surface area contributed by atoms with Crippen LogP contribution in [-0.2, 0) is 12.8 Å². The van der Waals surface area contributed by atoms with E-state index >= 15 is 0 Å². The van der Waals surface area contributed by atoms with E-state index in [4.69, 9.17) is 4.52 Å². The maximum absolute atomic E-state index is 5.32. The van der Waals surface area contributed by atoms with Crippen molar-refractivity contribution in [1.82, 2.24) is 20.4 Å². The molecule has 2 unspecified atom stereocenters. The van der Waals surface area contributed by atoms with Crippen LogP contribution in [0.2, 0.25) is 0 Å². The minimum atomic E-state index is 0.368. The van der Waals surface area contributed by atoms with Crippen molar-refractivity contribution < 1.29 is 4.52 Å². The van der Waals surface area contributed by atoms with Crippen LogP contribution in [0.15, 0.2) is 4.52 Å². The number of nitrogens with zero attached hydrogens (tertiary/aromatic N) is 3. The Labute approximate surface area is 115 Å². The van der Waals surface area contributed by atoms with Gasteiger partial charge in [0.05, 0.1) is 0 Å². The van der Waals surface area contributed by atoms with E-state index in [0.717, 1.165) is 24.6 Å². The van der Waals surface area contributed by atoms with E-state index in [0.29, 0.717) is 18.1 Å². The molecule has 1 aliphatic heterocycles. The third kappa shape index (κ3) is 3.76. The first-order chi connectivity index (χ1) is 9.10. The Bertz CT molecular complexity index is 391. The third-order valence-electron chi connectivity index (χ3n) is 3.99. The molecule has 1 N–H and O–H groups in total. The molecule has 0 aromatic carbocycles. The predicted molar refractivity (Wildman–Crippen MR) is 75.1 cm³/mol. The highest BCUT2D eigenvalue weighted by molar-refractivity contribution is 4.94. The van der Waals surface area contributed by atoms with Gasteiger partial charge in [0, 0.05) is 31.0 Å². The number of likely N-dealkylation sites (tertiary alicyclic amines) is 1. The summed E-state index contributed by atoms with van der Waals surface area (Å²) in [6, 6.07) is 1.54.